The van der Waals surface area contributed by atoms with E-state index >= 15 is 0 Å². The van der Waals surface area contributed by atoms with Gasteiger partial charge >= 0.3 is 0 Å². The molecule has 1 aliphatic rings. The molecule has 19 heavy (non-hydrogen) atoms. The molecular weight excluding hydrogens is 234 g/mol. The smallest absolute Gasteiger partial charge is 0.124 e. The molecule has 1 atom stereocenters. The predicted octanol–water partition coefficient (Wildman–Crippen LogP) is 3.99. The monoisotopic (exact) mass is 261 g/mol. The van der Waals surface area contributed by atoms with Crippen LogP contribution in [0.25, 0.3) is 0 Å². The molecule has 2 N–H and O–H groups in total. The van der Waals surface area contributed by atoms with Crippen LogP contribution in [0.2, 0.25) is 0 Å². The first kappa shape index (κ1) is 14.4. The van der Waals surface area contributed by atoms with Gasteiger partial charge in [-0.05, 0) is 47.3 Å². The summed E-state index contributed by atoms with van der Waals surface area (Å²) in [6, 6.07) is 4.47. The summed E-state index contributed by atoms with van der Waals surface area (Å²) in [5.74, 6) is 1.51. The molecule has 1 aromatic carbocycles. The number of hydrogen-bond donors (Lipinski definition) is 1. The summed E-state index contributed by atoms with van der Waals surface area (Å²) in [5, 5.41) is 0. The Labute approximate surface area is 117 Å². The van der Waals surface area contributed by atoms with Gasteiger partial charge in [0.05, 0.1) is 7.11 Å². The zero-order chi connectivity index (χ0) is 14.6. The molecule has 2 heteroatoms. The van der Waals surface area contributed by atoms with Crippen molar-refractivity contribution in [2.45, 2.75) is 47.6 Å². The van der Waals surface area contributed by atoms with Crippen LogP contribution < -0.4 is 10.5 Å². The standard InChI is InChI=1S/C17H27NO/c1-10-8-12(9-11(2)14(10)19-7)13(18)15-16(3,4)17(15,5)6/h8-9,13,15H,18H2,1-7H3. The van der Waals surface area contributed by atoms with E-state index in [0.717, 1.165) is 5.75 Å². The lowest BCUT2D eigenvalue weighted by molar-refractivity contribution is 0.407. The highest BCUT2D eigenvalue weighted by Gasteiger charge is 2.66. The Kier molecular flexibility index (Phi) is 3.21. The van der Waals surface area contributed by atoms with E-state index in [1.54, 1.807) is 7.11 Å². The Bertz CT molecular complexity index is 465. The van der Waals surface area contributed by atoms with Gasteiger partial charge in [-0.1, -0.05) is 39.8 Å². The maximum Gasteiger partial charge on any atom is 0.124 e. The molecule has 1 unspecified atom stereocenters. The van der Waals surface area contributed by atoms with Gasteiger partial charge in [0.15, 0.2) is 0 Å². The van der Waals surface area contributed by atoms with Gasteiger partial charge in [-0.15, -0.1) is 0 Å². The second-order valence-corrected chi connectivity index (χ2v) is 7.13. The second kappa shape index (κ2) is 4.24. The molecule has 0 aromatic heterocycles. The van der Waals surface area contributed by atoms with Crippen molar-refractivity contribution >= 4 is 0 Å². The molecule has 0 heterocycles. The predicted molar refractivity (Wildman–Crippen MR) is 80.4 cm³/mol. The van der Waals surface area contributed by atoms with Gasteiger partial charge in [0.25, 0.3) is 0 Å². The summed E-state index contributed by atoms with van der Waals surface area (Å²) < 4.78 is 5.43. The van der Waals surface area contributed by atoms with E-state index in [9.17, 15) is 0 Å². The fraction of sp³-hybridized carbons (Fsp3) is 0.647. The second-order valence-electron chi connectivity index (χ2n) is 7.13. The first-order valence-corrected chi connectivity index (χ1v) is 7.05. The Balaban J connectivity index is 2.34. The van der Waals surface area contributed by atoms with Crippen molar-refractivity contribution in [3.63, 3.8) is 0 Å². The largest absolute Gasteiger partial charge is 0.496 e. The lowest BCUT2D eigenvalue weighted by atomic mass is 9.94. The number of rotatable bonds is 3. The maximum atomic E-state index is 6.54. The van der Waals surface area contributed by atoms with Crippen LogP contribution in [0.3, 0.4) is 0 Å². The van der Waals surface area contributed by atoms with Crippen molar-refractivity contribution in [1.29, 1.82) is 0 Å². The number of benzene rings is 1. The highest BCUT2D eigenvalue weighted by Crippen LogP contribution is 2.71. The van der Waals surface area contributed by atoms with Crippen LogP contribution in [-0.4, -0.2) is 7.11 Å². The summed E-state index contributed by atoms with van der Waals surface area (Å²) in [7, 11) is 1.72. The van der Waals surface area contributed by atoms with E-state index in [4.69, 9.17) is 10.5 Å². The Morgan fingerprint density at radius 1 is 1.05 bits per heavy atom. The molecule has 1 saturated carbocycles. The third-order valence-corrected chi connectivity index (χ3v) is 5.56. The van der Waals surface area contributed by atoms with Crippen LogP contribution in [0.1, 0.15) is 50.4 Å². The third-order valence-electron chi connectivity index (χ3n) is 5.56. The van der Waals surface area contributed by atoms with Gasteiger partial charge < -0.3 is 10.5 Å². The van der Waals surface area contributed by atoms with Gasteiger partial charge in [0.1, 0.15) is 5.75 Å². The first-order valence-electron chi connectivity index (χ1n) is 7.05. The molecule has 2 nitrogen and oxygen atoms in total. The first-order chi connectivity index (χ1) is 8.64. The highest BCUT2D eigenvalue weighted by atomic mass is 16.5. The average molecular weight is 261 g/mol. The summed E-state index contributed by atoms with van der Waals surface area (Å²) in [4.78, 5) is 0. The van der Waals surface area contributed by atoms with Crippen molar-refractivity contribution in [2.75, 3.05) is 7.11 Å². The van der Waals surface area contributed by atoms with E-state index in [1.165, 1.54) is 16.7 Å². The molecule has 1 aromatic rings. The quantitative estimate of drug-likeness (QED) is 0.892. The average Bonchev–Trinajstić information content (AvgIpc) is 2.68. The normalized spacial score (nSPS) is 22.1. The summed E-state index contributed by atoms with van der Waals surface area (Å²) in [6.07, 6.45) is 0. The van der Waals surface area contributed by atoms with Crippen molar-refractivity contribution < 1.29 is 4.74 Å². The molecule has 0 radical (unpaired) electrons. The van der Waals surface area contributed by atoms with Crippen LogP contribution in [0, 0.1) is 30.6 Å². The van der Waals surface area contributed by atoms with E-state index < -0.39 is 0 Å². The summed E-state index contributed by atoms with van der Waals surface area (Å²) in [5.41, 5.74) is 10.7. The van der Waals surface area contributed by atoms with E-state index in [-0.39, 0.29) is 6.04 Å². The molecular formula is C17H27NO. The summed E-state index contributed by atoms with van der Waals surface area (Å²) in [6.45, 7) is 13.5. The molecule has 0 bridgehead atoms. The van der Waals surface area contributed by atoms with Crippen LogP contribution in [0.4, 0.5) is 0 Å². The van der Waals surface area contributed by atoms with Crippen molar-refractivity contribution in [2.24, 2.45) is 22.5 Å². The lowest BCUT2D eigenvalue weighted by Gasteiger charge is -2.18. The minimum Gasteiger partial charge on any atom is -0.496 e. The van der Waals surface area contributed by atoms with E-state index in [2.05, 4.69) is 53.7 Å². The van der Waals surface area contributed by atoms with Gasteiger partial charge in [0, 0.05) is 6.04 Å². The van der Waals surface area contributed by atoms with E-state index in [0.29, 0.717) is 16.7 Å². The number of aryl methyl sites for hydroxylation is 2. The maximum absolute atomic E-state index is 6.54. The molecule has 1 aliphatic carbocycles. The van der Waals surface area contributed by atoms with Gasteiger partial charge in [-0.25, -0.2) is 0 Å². The van der Waals surface area contributed by atoms with Crippen molar-refractivity contribution in [1.82, 2.24) is 0 Å². The van der Waals surface area contributed by atoms with Crippen LogP contribution >= 0.6 is 0 Å². The van der Waals surface area contributed by atoms with Crippen LogP contribution in [0.5, 0.6) is 5.75 Å². The Morgan fingerprint density at radius 3 is 1.79 bits per heavy atom. The Morgan fingerprint density at radius 2 is 1.47 bits per heavy atom. The molecule has 0 amide bonds. The minimum atomic E-state index is 0.105. The zero-order valence-corrected chi connectivity index (χ0v) is 13.3. The number of hydrogen-bond acceptors (Lipinski definition) is 2. The lowest BCUT2D eigenvalue weighted by Crippen LogP contribution is -2.17. The molecule has 106 valence electrons. The molecule has 0 aliphatic heterocycles. The number of ether oxygens (including phenoxy) is 1. The molecule has 2 rings (SSSR count). The SMILES string of the molecule is COc1c(C)cc(C(N)C2C(C)(C)C2(C)C)cc1C. The summed E-state index contributed by atoms with van der Waals surface area (Å²) >= 11 is 0. The van der Waals surface area contributed by atoms with Gasteiger partial charge in [0.2, 0.25) is 0 Å². The van der Waals surface area contributed by atoms with Gasteiger partial charge in [-0.3, -0.25) is 0 Å². The van der Waals surface area contributed by atoms with Crippen molar-refractivity contribution in [3.05, 3.63) is 28.8 Å². The van der Waals surface area contributed by atoms with Crippen LogP contribution in [-0.2, 0) is 0 Å². The van der Waals surface area contributed by atoms with Crippen LogP contribution in [0.15, 0.2) is 12.1 Å². The third kappa shape index (κ3) is 1.97. The molecule has 0 saturated heterocycles. The van der Waals surface area contributed by atoms with Gasteiger partial charge in [-0.2, -0.15) is 0 Å². The Hall–Kier alpha value is -1.02. The van der Waals surface area contributed by atoms with Crippen molar-refractivity contribution in [3.8, 4) is 5.75 Å². The number of nitrogens with two attached hydrogens (primary N) is 1. The van der Waals surface area contributed by atoms with E-state index in [1.807, 2.05) is 0 Å². The molecule has 1 fully saturated rings. The zero-order valence-electron chi connectivity index (χ0n) is 13.3. The fourth-order valence-electron chi connectivity index (χ4n) is 3.84. The molecule has 0 spiro atoms. The minimum absolute atomic E-state index is 0.105. The number of methoxy groups -OCH3 is 1. The highest BCUT2D eigenvalue weighted by molar-refractivity contribution is 5.45. The topological polar surface area (TPSA) is 35.2 Å². The fourth-order valence-corrected chi connectivity index (χ4v) is 3.84.